The Morgan fingerprint density at radius 2 is 0.852 bits per heavy atom. The van der Waals surface area contributed by atoms with E-state index >= 15 is 0 Å². The zero-order chi connectivity index (χ0) is 35.8. The molecule has 3 nitrogen and oxygen atoms in total. The summed E-state index contributed by atoms with van der Waals surface area (Å²) in [6.07, 6.45) is 3.70. The molecule has 0 saturated heterocycles. The van der Waals surface area contributed by atoms with Crippen molar-refractivity contribution < 1.29 is 0 Å². The third-order valence-electron chi connectivity index (χ3n) is 10.4. The Labute approximate surface area is 313 Å². The van der Waals surface area contributed by atoms with Crippen molar-refractivity contribution in [3.8, 4) is 67.3 Å². The second kappa shape index (κ2) is 13.4. The molecule has 10 aromatic rings. The average Bonchev–Trinajstić information content (AvgIpc) is 3.26. The van der Waals surface area contributed by atoms with Crippen molar-refractivity contribution in [2.75, 3.05) is 0 Å². The molecule has 0 aliphatic rings. The first-order valence-electron chi connectivity index (χ1n) is 18.2. The highest BCUT2D eigenvalue weighted by molar-refractivity contribution is 6.13. The lowest BCUT2D eigenvalue weighted by Gasteiger charge is -2.13. The zero-order valence-electron chi connectivity index (χ0n) is 29.4. The Morgan fingerprint density at radius 3 is 1.57 bits per heavy atom. The first-order chi connectivity index (χ1) is 26.7. The van der Waals surface area contributed by atoms with E-state index in [2.05, 4.69) is 187 Å². The van der Waals surface area contributed by atoms with Crippen LogP contribution in [0.3, 0.4) is 0 Å². The SMILES string of the molecule is c1cncc(-c2ccc(-c3ccc(-c4cc(-c5cccc6ccccc56)nc(-c5ccc(-c6cc7ccccc7c7ccccc67)cc5)n4)cc3)cc2)c1. The van der Waals surface area contributed by atoms with E-state index in [1.54, 1.807) is 6.20 Å². The number of nitrogens with zero attached hydrogens (tertiary/aromatic N) is 3. The minimum Gasteiger partial charge on any atom is -0.264 e. The van der Waals surface area contributed by atoms with Crippen molar-refractivity contribution in [3.05, 3.63) is 200 Å². The molecule has 3 heteroatoms. The Bertz CT molecular complexity index is 2950. The monoisotopic (exact) mass is 687 g/mol. The van der Waals surface area contributed by atoms with Crippen molar-refractivity contribution in [3.63, 3.8) is 0 Å². The molecule has 252 valence electrons. The highest BCUT2D eigenvalue weighted by Gasteiger charge is 2.14. The molecule has 0 atom stereocenters. The van der Waals surface area contributed by atoms with E-state index in [1.165, 1.54) is 37.9 Å². The van der Waals surface area contributed by atoms with Gasteiger partial charge in [0.25, 0.3) is 0 Å². The molecule has 54 heavy (non-hydrogen) atoms. The van der Waals surface area contributed by atoms with E-state index in [0.29, 0.717) is 5.82 Å². The van der Waals surface area contributed by atoms with Crippen LogP contribution in [-0.2, 0) is 0 Å². The summed E-state index contributed by atoms with van der Waals surface area (Å²) >= 11 is 0. The average molecular weight is 688 g/mol. The minimum atomic E-state index is 0.695. The second-order valence-electron chi connectivity index (χ2n) is 13.7. The van der Waals surface area contributed by atoms with Gasteiger partial charge in [-0.1, -0.05) is 170 Å². The first kappa shape index (κ1) is 31.5. The zero-order valence-corrected chi connectivity index (χ0v) is 29.4. The second-order valence-corrected chi connectivity index (χ2v) is 13.7. The molecule has 2 heterocycles. The Morgan fingerprint density at radius 1 is 0.296 bits per heavy atom. The van der Waals surface area contributed by atoms with Gasteiger partial charge in [-0.05, 0) is 83.9 Å². The van der Waals surface area contributed by atoms with Gasteiger partial charge in [0.15, 0.2) is 5.82 Å². The van der Waals surface area contributed by atoms with Gasteiger partial charge in [-0.2, -0.15) is 0 Å². The standard InChI is InChI=1S/C51H33N3/c1-3-13-43-37(9-1)11-7-17-47(43)50-32-49(39-26-22-35(23-27-39)34-18-20-36(21-19-34)42-12-8-30-52-33-42)53-51(54-50)40-28-24-38(25-29-40)48-31-41-10-2-4-14-44(41)45-15-5-6-16-46(45)48/h1-33H. The fourth-order valence-corrected chi connectivity index (χ4v) is 7.62. The normalized spacial score (nSPS) is 11.3. The molecule has 10 rings (SSSR count). The van der Waals surface area contributed by atoms with E-state index in [1.807, 2.05) is 12.3 Å². The van der Waals surface area contributed by atoms with E-state index in [0.717, 1.165) is 55.9 Å². The lowest BCUT2D eigenvalue weighted by atomic mass is 9.93. The van der Waals surface area contributed by atoms with Gasteiger partial charge < -0.3 is 0 Å². The minimum absolute atomic E-state index is 0.695. The van der Waals surface area contributed by atoms with Crippen molar-refractivity contribution in [1.82, 2.24) is 15.0 Å². The van der Waals surface area contributed by atoms with Crippen LogP contribution >= 0.6 is 0 Å². The van der Waals surface area contributed by atoms with Crippen molar-refractivity contribution in [2.24, 2.45) is 0 Å². The fraction of sp³-hybridized carbons (Fsp3) is 0. The molecule has 0 amide bonds. The fourth-order valence-electron chi connectivity index (χ4n) is 7.62. The van der Waals surface area contributed by atoms with Crippen molar-refractivity contribution >= 4 is 32.3 Å². The van der Waals surface area contributed by atoms with Crippen LogP contribution in [0.1, 0.15) is 0 Å². The number of benzene rings is 8. The van der Waals surface area contributed by atoms with Gasteiger partial charge in [0.05, 0.1) is 11.4 Å². The summed E-state index contributed by atoms with van der Waals surface area (Å²) in [6.45, 7) is 0. The molecule has 0 saturated carbocycles. The van der Waals surface area contributed by atoms with Gasteiger partial charge in [0.2, 0.25) is 0 Å². The van der Waals surface area contributed by atoms with Crippen LogP contribution < -0.4 is 0 Å². The molecule has 0 N–H and O–H groups in total. The quantitative estimate of drug-likeness (QED) is 0.163. The Kier molecular flexibility index (Phi) is 7.81. The van der Waals surface area contributed by atoms with Crippen LogP contribution in [0.5, 0.6) is 0 Å². The maximum absolute atomic E-state index is 5.23. The summed E-state index contributed by atoms with van der Waals surface area (Å²) in [5.74, 6) is 0.695. The molecule has 0 aliphatic heterocycles. The topological polar surface area (TPSA) is 38.7 Å². The third-order valence-corrected chi connectivity index (χ3v) is 10.4. The lowest BCUT2D eigenvalue weighted by Crippen LogP contribution is -1.96. The van der Waals surface area contributed by atoms with E-state index < -0.39 is 0 Å². The van der Waals surface area contributed by atoms with Gasteiger partial charge in [0, 0.05) is 29.1 Å². The van der Waals surface area contributed by atoms with Crippen molar-refractivity contribution in [1.29, 1.82) is 0 Å². The van der Waals surface area contributed by atoms with Crippen LogP contribution in [0.4, 0.5) is 0 Å². The van der Waals surface area contributed by atoms with Gasteiger partial charge in [-0.15, -0.1) is 0 Å². The van der Waals surface area contributed by atoms with Crippen LogP contribution in [0.2, 0.25) is 0 Å². The number of aromatic nitrogens is 3. The maximum Gasteiger partial charge on any atom is 0.160 e. The molecular formula is C51H33N3. The van der Waals surface area contributed by atoms with E-state index in [9.17, 15) is 0 Å². The van der Waals surface area contributed by atoms with E-state index in [-0.39, 0.29) is 0 Å². The van der Waals surface area contributed by atoms with E-state index in [4.69, 9.17) is 9.97 Å². The molecule has 0 radical (unpaired) electrons. The van der Waals surface area contributed by atoms with Crippen LogP contribution in [0.25, 0.3) is 99.6 Å². The molecule has 0 bridgehead atoms. The largest absolute Gasteiger partial charge is 0.264 e. The summed E-state index contributed by atoms with van der Waals surface area (Å²) in [6, 6.07) is 66.7. The predicted molar refractivity (Wildman–Crippen MR) is 225 cm³/mol. The molecule has 8 aromatic carbocycles. The summed E-state index contributed by atoms with van der Waals surface area (Å²) in [4.78, 5) is 14.7. The number of hydrogen-bond donors (Lipinski definition) is 0. The number of fused-ring (bicyclic) bond motifs is 4. The van der Waals surface area contributed by atoms with Gasteiger partial charge in [0.1, 0.15) is 0 Å². The maximum atomic E-state index is 5.23. The summed E-state index contributed by atoms with van der Waals surface area (Å²) < 4.78 is 0. The summed E-state index contributed by atoms with van der Waals surface area (Å²) in [5.41, 5.74) is 11.8. The Balaban J connectivity index is 1.05. The molecule has 2 aromatic heterocycles. The third kappa shape index (κ3) is 5.78. The van der Waals surface area contributed by atoms with Crippen LogP contribution in [0, 0.1) is 0 Å². The molecule has 0 fully saturated rings. The summed E-state index contributed by atoms with van der Waals surface area (Å²) in [7, 11) is 0. The van der Waals surface area contributed by atoms with Crippen molar-refractivity contribution in [2.45, 2.75) is 0 Å². The molecule has 0 spiro atoms. The van der Waals surface area contributed by atoms with Crippen LogP contribution in [0.15, 0.2) is 200 Å². The Hall–Kier alpha value is -7.23. The predicted octanol–water partition coefficient (Wildman–Crippen LogP) is 13.3. The van der Waals surface area contributed by atoms with Gasteiger partial charge in [-0.25, -0.2) is 9.97 Å². The molecular weight excluding hydrogens is 655 g/mol. The molecule has 0 aliphatic carbocycles. The van der Waals surface area contributed by atoms with Crippen LogP contribution in [-0.4, -0.2) is 15.0 Å². The lowest BCUT2D eigenvalue weighted by molar-refractivity contribution is 1.18. The number of rotatable bonds is 6. The van der Waals surface area contributed by atoms with Gasteiger partial charge >= 0.3 is 0 Å². The first-order valence-corrected chi connectivity index (χ1v) is 18.2. The van der Waals surface area contributed by atoms with Gasteiger partial charge in [-0.3, -0.25) is 4.98 Å². The summed E-state index contributed by atoms with van der Waals surface area (Å²) in [5, 5.41) is 7.36. The highest BCUT2D eigenvalue weighted by atomic mass is 14.9. The number of pyridine rings is 1. The molecule has 0 unspecified atom stereocenters. The highest BCUT2D eigenvalue weighted by Crippen LogP contribution is 2.37. The number of hydrogen-bond acceptors (Lipinski definition) is 3. The smallest absolute Gasteiger partial charge is 0.160 e.